The molecule has 0 saturated carbocycles. The van der Waals surface area contributed by atoms with Crippen molar-refractivity contribution in [1.29, 1.82) is 0 Å². The van der Waals surface area contributed by atoms with Crippen LogP contribution in [0.5, 0.6) is 0 Å². The van der Waals surface area contributed by atoms with Crippen molar-refractivity contribution in [2.75, 3.05) is 12.3 Å². The molecule has 0 saturated heterocycles. The third-order valence-electron chi connectivity index (χ3n) is 3.19. The second-order valence-electron chi connectivity index (χ2n) is 5.11. The van der Waals surface area contributed by atoms with Gasteiger partial charge in [0.1, 0.15) is 0 Å². The lowest BCUT2D eigenvalue weighted by Gasteiger charge is -2.12. The number of sulfonamides is 1. The Morgan fingerprint density at radius 3 is 2.52 bits per heavy atom. The predicted octanol–water partition coefficient (Wildman–Crippen LogP) is 1.45. The zero-order chi connectivity index (χ0) is 15.7. The van der Waals surface area contributed by atoms with Crippen molar-refractivity contribution < 1.29 is 13.2 Å². The summed E-state index contributed by atoms with van der Waals surface area (Å²) in [7, 11) is -3.40. The molecule has 0 aliphatic rings. The van der Waals surface area contributed by atoms with Crippen LogP contribution in [0.1, 0.15) is 32.3 Å². The minimum Gasteiger partial charge on any atom is -0.353 e. The van der Waals surface area contributed by atoms with E-state index in [1.165, 1.54) is 0 Å². The van der Waals surface area contributed by atoms with Crippen LogP contribution < -0.4 is 10.0 Å². The fourth-order valence-electron chi connectivity index (χ4n) is 1.79. The van der Waals surface area contributed by atoms with Gasteiger partial charge in [0.25, 0.3) is 0 Å². The number of aryl methyl sites for hydroxylation is 1. The molecule has 0 aliphatic heterocycles. The van der Waals surface area contributed by atoms with Gasteiger partial charge in [-0.2, -0.15) is 0 Å². The number of carbonyl (C=O) groups is 1. The van der Waals surface area contributed by atoms with Crippen LogP contribution in [-0.2, 0) is 21.2 Å². The number of amides is 1. The molecule has 0 radical (unpaired) electrons. The van der Waals surface area contributed by atoms with Gasteiger partial charge in [-0.3, -0.25) is 4.79 Å². The largest absolute Gasteiger partial charge is 0.353 e. The third-order valence-corrected chi connectivity index (χ3v) is 4.60. The fraction of sp³-hybridized carbons (Fsp3) is 0.533. The second kappa shape index (κ2) is 8.79. The first-order valence-corrected chi connectivity index (χ1v) is 8.89. The lowest BCUT2D eigenvalue weighted by molar-refractivity contribution is -0.120. The Kier molecular flexibility index (Phi) is 7.39. The highest BCUT2D eigenvalue weighted by atomic mass is 32.2. The van der Waals surface area contributed by atoms with Gasteiger partial charge in [0.05, 0.1) is 12.3 Å². The minimum absolute atomic E-state index is 0.0263. The normalized spacial score (nSPS) is 12.9. The number of rotatable bonds is 9. The molecule has 1 unspecified atom stereocenters. The number of hydrogen-bond acceptors (Lipinski definition) is 3. The van der Waals surface area contributed by atoms with E-state index in [9.17, 15) is 13.2 Å². The van der Waals surface area contributed by atoms with Crippen molar-refractivity contribution in [2.45, 2.75) is 39.2 Å². The monoisotopic (exact) mass is 312 g/mol. The number of benzene rings is 1. The number of carbonyl (C=O) groups excluding carboxylic acids is 1. The summed E-state index contributed by atoms with van der Waals surface area (Å²) in [5.74, 6) is -0.269. The average molecular weight is 312 g/mol. The van der Waals surface area contributed by atoms with Crippen LogP contribution >= 0.6 is 0 Å². The van der Waals surface area contributed by atoms with Crippen LogP contribution in [-0.4, -0.2) is 32.7 Å². The van der Waals surface area contributed by atoms with Gasteiger partial charge >= 0.3 is 0 Å². The molecule has 1 atom stereocenters. The number of nitrogens with one attached hydrogen (secondary N) is 2. The summed E-state index contributed by atoms with van der Waals surface area (Å²) >= 11 is 0. The Morgan fingerprint density at radius 1 is 1.24 bits per heavy atom. The maximum atomic E-state index is 11.8. The van der Waals surface area contributed by atoms with E-state index in [0.29, 0.717) is 12.8 Å². The van der Waals surface area contributed by atoms with Crippen LogP contribution in [0.2, 0.25) is 0 Å². The molecule has 0 aliphatic carbocycles. The van der Waals surface area contributed by atoms with Gasteiger partial charge in [0, 0.05) is 6.04 Å². The summed E-state index contributed by atoms with van der Waals surface area (Å²) in [6.45, 7) is 3.64. The van der Waals surface area contributed by atoms with Gasteiger partial charge in [0.15, 0.2) is 0 Å². The summed E-state index contributed by atoms with van der Waals surface area (Å²) < 4.78 is 25.9. The van der Waals surface area contributed by atoms with E-state index in [1.54, 1.807) is 0 Å². The Hall–Kier alpha value is -1.40. The van der Waals surface area contributed by atoms with E-state index in [4.69, 9.17) is 0 Å². The smallest absolute Gasteiger partial charge is 0.235 e. The van der Waals surface area contributed by atoms with Crippen molar-refractivity contribution in [1.82, 2.24) is 10.0 Å². The Morgan fingerprint density at radius 2 is 1.90 bits per heavy atom. The Labute approximate surface area is 127 Å². The van der Waals surface area contributed by atoms with Gasteiger partial charge in [-0.05, 0) is 31.7 Å². The van der Waals surface area contributed by atoms with E-state index < -0.39 is 10.0 Å². The van der Waals surface area contributed by atoms with Crippen molar-refractivity contribution >= 4 is 15.9 Å². The molecule has 0 bridgehead atoms. The van der Waals surface area contributed by atoms with E-state index in [-0.39, 0.29) is 24.2 Å². The maximum Gasteiger partial charge on any atom is 0.235 e. The molecule has 2 N–H and O–H groups in total. The molecule has 6 heteroatoms. The lowest BCUT2D eigenvalue weighted by atomic mass is 10.1. The molecule has 21 heavy (non-hydrogen) atoms. The Bertz CT molecular complexity index is 529. The van der Waals surface area contributed by atoms with E-state index in [0.717, 1.165) is 12.0 Å². The van der Waals surface area contributed by atoms with Crippen molar-refractivity contribution in [3.63, 3.8) is 0 Å². The highest BCUT2D eigenvalue weighted by molar-refractivity contribution is 7.89. The summed E-state index contributed by atoms with van der Waals surface area (Å²) in [5, 5.41) is 2.72. The zero-order valence-electron chi connectivity index (χ0n) is 12.6. The van der Waals surface area contributed by atoms with Gasteiger partial charge in [0.2, 0.25) is 15.9 Å². The molecule has 0 fully saturated rings. The standard InChI is InChI=1S/C15H24N2O3S/c1-3-13(2)17-15(18)12-16-21(19,20)11-7-10-14-8-5-4-6-9-14/h4-6,8-9,13,16H,3,7,10-12H2,1-2H3,(H,17,18). The van der Waals surface area contributed by atoms with Crippen molar-refractivity contribution in [3.8, 4) is 0 Å². The van der Waals surface area contributed by atoms with E-state index >= 15 is 0 Å². The lowest BCUT2D eigenvalue weighted by Crippen LogP contribution is -2.41. The third kappa shape index (κ3) is 7.82. The van der Waals surface area contributed by atoms with Crippen LogP contribution in [0.15, 0.2) is 30.3 Å². The highest BCUT2D eigenvalue weighted by Crippen LogP contribution is 2.03. The van der Waals surface area contributed by atoms with Crippen molar-refractivity contribution in [2.24, 2.45) is 0 Å². The molecule has 1 amide bonds. The first-order chi connectivity index (χ1) is 9.93. The molecule has 1 aromatic rings. The quantitative estimate of drug-likeness (QED) is 0.725. The molecule has 5 nitrogen and oxygen atoms in total. The van der Waals surface area contributed by atoms with E-state index in [2.05, 4.69) is 10.0 Å². The summed E-state index contributed by atoms with van der Waals surface area (Å²) in [6, 6.07) is 9.79. The molecular formula is C15H24N2O3S. The Balaban J connectivity index is 2.29. The fourth-order valence-corrected chi connectivity index (χ4v) is 2.81. The van der Waals surface area contributed by atoms with Crippen LogP contribution in [0, 0.1) is 0 Å². The van der Waals surface area contributed by atoms with Gasteiger partial charge in [-0.25, -0.2) is 13.1 Å². The maximum absolute atomic E-state index is 11.8. The molecule has 1 rings (SSSR count). The van der Waals surface area contributed by atoms with Crippen LogP contribution in [0.3, 0.4) is 0 Å². The van der Waals surface area contributed by atoms with Crippen molar-refractivity contribution in [3.05, 3.63) is 35.9 Å². The van der Waals surface area contributed by atoms with Crippen LogP contribution in [0.25, 0.3) is 0 Å². The van der Waals surface area contributed by atoms with E-state index in [1.807, 2.05) is 44.2 Å². The summed E-state index contributed by atoms with van der Waals surface area (Å²) in [5.41, 5.74) is 1.11. The SMILES string of the molecule is CCC(C)NC(=O)CNS(=O)(=O)CCCc1ccccc1. The number of hydrogen-bond donors (Lipinski definition) is 2. The molecule has 0 aromatic heterocycles. The molecule has 1 aromatic carbocycles. The van der Waals surface area contributed by atoms with Gasteiger partial charge in [-0.15, -0.1) is 0 Å². The van der Waals surface area contributed by atoms with Crippen LogP contribution in [0.4, 0.5) is 0 Å². The molecule has 118 valence electrons. The van der Waals surface area contributed by atoms with Gasteiger partial charge < -0.3 is 5.32 Å². The highest BCUT2D eigenvalue weighted by Gasteiger charge is 2.13. The average Bonchev–Trinajstić information content (AvgIpc) is 2.46. The predicted molar refractivity (Wildman–Crippen MR) is 84.4 cm³/mol. The topological polar surface area (TPSA) is 75.3 Å². The second-order valence-corrected chi connectivity index (χ2v) is 7.03. The summed E-state index contributed by atoms with van der Waals surface area (Å²) in [4.78, 5) is 11.5. The first-order valence-electron chi connectivity index (χ1n) is 7.23. The molecule has 0 heterocycles. The first kappa shape index (κ1) is 17.7. The zero-order valence-corrected chi connectivity index (χ0v) is 13.4. The molecule has 0 spiro atoms. The minimum atomic E-state index is -3.40. The molecular weight excluding hydrogens is 288 g/mol. The summed E-state index contributed by atoms with van der Waals surface area (Å²) in [6.07, 6.45) is 2.06. The van der Waals surface area contributed by atoms with Gasteiger partial charge in [-0.1, -0.05) is 37.3 Å².